The van der Waals surface area contributed by atoms with Crippen LogP contribution in [0.15, 0.2) is 48.8 Å². The van der Waals surface area contributed by atoms with Gasteiger partial charge in [-0.3, -0.25) is 4.79 Å². The van der Waals surface area contributed by atoms with E-state index in [2.05, 4.69) is 34.4 Å². The zero-order valence-electron chi connectivity index (χ0n) is 15.8. The fourth-order valence-corrected chi connectivity index (χ4v) is 2.77. The van der Waals surface area contributed by atoms with Gasteiger partial charge in [0.25, 0.3) is 5.91 Å². The average molecular weight is 382 g/mol. The van der Waals surface area contributed by atoms with Gasteiger partial charge >= 0.3 is 0 Å². The third-order valence-corrected chi connectivity index (χ3v) is 4.28. The number of aromatic nitrogens is 2. The molecule has 3 rings (SSSR count). The molecule has 7 heteroatoms. The van der Waals surface area contributed by atoms with Crippen LogP contribution in [0.5, 0.6) is 0 Å². The second-order valence-electron chi connectivity index (χ2n) is 6.66. The van der Waals surface area contributed by atoms with Gasteiger partial charge in [-0.15, -0.1) is 0 Å². The highest BCUT2D eigenvalue weighted by molar-refractivity contribution is 6.04. The standard InChI is InChI=1S/C21H20F2N4O/c1-12(2)15-7-4-6-13(3)18(15)27-21-24-10-14(11-25-21)20(28)26-19-16(22)8-5-9-17(19)23/h4-12H,1-3H3,(H,26,28)(H,24,25,27). The Hall–Kier alpha value is -3.35. The number of nitrogens with zero attached hydrogens (tertiary/aromatic N) is 2. The molecule has 0 unspecified atom stereocenters. The first-order valence-electron chi connectivity index (χ1n) is 8.80. The Morgan fingerprint density at radius 3 is 2.18 bits per heavy atom. The predicted molar refractivity (Wildman–Crippen MR) is 105 cm³/mol. The van der Waals surface area contributed by atoms with Gasteiger partial charge in [-0.2, -0.15) is 0 Å². The number of anilines is 3. The number of amides is 1. The van der Waals surface area contributed by atoms with Crippen LogP contribution < -0.4 is 10.6 Å². The van der Waals surface area contributed by atoms with Crippen molar-refractivity contribution in [3.8, 4) is 0 Å². The van der Waals surface area contributed by atoms with Crippen molar-refractivity contribution in [1.29, 1.82) is 0 Å². The second kappa shape index (κ2) is 8.12. The number of benzene rings is 2. The van der Waals surface area contributed by atoms with Crippen LogP contribution in [0.2, 0.25) is 0 Å². The molecule has 0 saturated heterocycles. The second-order valence-corrected chi connectivity index (χ2v) is 6.66. The van der Waals surface area contributed by atoms with Gasteiger partial charge in [0.15, 0.2) is 0 Å². The SMILES string of the molecule is Cc1cccc(C(C)C)c1Nc1ncc(C(=O)Nc2c(F)cccc2F)cn1. The Morgan fingerprint density at radius 1 is 0.964 bits per heavy atom. The molecule has 2 N–H and O–H groups in total. The molecule has 1 aromatic heterocycles. The number of carbonyl (C=O) groups is 1. The number of carbonyl (C=O) groups excluding carboxylic acids is 1. The number of para-hydroxylation sites is 2. The summed E-state index contributed by atoms with van der Waals surface area (Å²) in [4.78, 5) is 20.5. The number of halogens is 2. The van der Waals surface area contributed by atoms with E-state index in [1.54, 1.807) is 0 Å². The van der Waals surface area contributed by atoms with E-state index in [1.807, 2.05) is 25.1 Å². The smallest absolute Gasteiger partial charge is 0.258 e. The summed E-state index contributed by atoms with van der Waals surface area (Å²) in [7, 11) is 0. The minimum atomic E-state index is -0.853. The number of nitrogens with one attached hydrogen (secondary N) is 2. The lowest BCUT2D eigenvalue weighted by Gasteiger charge is -2.16. The maximum atomic E-state index is 13.7. The van der Waals surface area contributed by atoms with E-state index < -0.39 is 23.2 Å². The van der Waals surface area contributed by atoms with E-state index in [0.29, 0.717) is 11.9 Å². The normalized spacial score (nSPS) is 10.8. The van der Waals surface area contributed by atoms with Crippen LogP contribution in [0.25, 0.3) is 0 Å². The van der Waals surface area contributed by atoms with Crippen LogP contribution in [0, 0.1) is 18.6 Å². The molecule has 0 spiro atoms. The molecule has 0 bridgehead atoms. The Kier molecular flexibility index (Phi) is 5.63. The van der Waals surface area contributed by atoms with Crippen molar-refractivity contribution < 1.29 is 13.6 Å². The Balaban J connectivity index is 1.78. The minimum absolute atomic E-state index is 0.0852. The van der Waals surface area contributed by atoms with E-state index >= 15 is 0 Å². The molecule has 1 heterocycles. The zero-order valence-corrected chi connectivity index (χ0v) is 15.8. The fraction of sp³-hybridized carbons (Fsp3) is 0.190. The molecule has 144 valence electrons. The maximum Gasteiger partial charge on any atom is 0.258 e. The monoisotopic (exact) mass is 382 g/mol. The minimum Gasteiger partial charge on any atom is -0.324 e. The lowest BCUT2D eigenvalue weighted by atomic mass is 9.98. The summed E-state index contributed by atoms with van der Waals surface area (Å²) in [5.74, 6) is -1.77. The Bertz CT molecular complexity index is 984. The molecule has 0 saturated carbocycles. The molecule has 3 aromatic rings. The third-order valence-electron chi connectivity index (χ3n) is 4.28. The highest BCUT2D eigenvalue weighted by Gasteiger charge is 2.15. The van der Waals surface area contributed by atoms with Gasteiger partial charge in [0.05, 0.1) is 5.56 Å². The van der Waals surface area contributed by atoms with Crippen LogP contribution in [-0.4, -0.2) is 15.9 Å². The van der Waals surface area contributed by atoms with Crippen LogP contribution >= 0.6 is 0 Å². The Morgan fingerprint density at radius 2 is 1.57 bits per heavy atom. The zero-order chi connectivity index (χ0) is 20.3. The number of rotatable bonds is 5. The van der Waals surface area contributed by atoms with Gasteiger partial charge in [0.1, 0.15) is 17.3 Å². The summed E-state index contributed by atoms with van der Waals surface area (Å²) in [6.45, 7) is 6.17. The lowest BCUT2D eigenvalue weighted by molar-refractivity contribution is 0.102. The van der Waals surface area contributed by atoms with E-state index in [0.717, 1.165) is 28.9 Å². The molecule has 0 fully saturated rings. The van der Waals surface area contributed by atoms with Gasteiger partial charge in [-0.05, 0) is 36.1 Å². The fourth-order valence-electron chi connectivity index (χ4n) is 2.77. The van der Waals surface area contributed by atoms with Crippen LogP contribution in [0.1, 0.15) is 41.3 Å². The van der Waals surface area contributed by atoms with Crippen molar-refractivity contribution in [2.75, 3.05) is 10.6 Å². The number of hydrogen-bond acceptors (Lipinski definition) is 4. The quantitative estimate of drug-likeness (QED) is 0.638. The summed E-state index contributed by atoms with van der Waals surface area (Å²) in [5, 5.41) is 5.39. The summed E-state index contributed by atoms with van der Waals surface area (Å²) < 4.78 is 27.4. The van der Waals surface area contributed by atoms with Crippen molar-refractivity contribution in [3.63, 3.8) is 0 Å². The maximum absolute atomic E-state index is 13.7. The lowest BCUT2D eigenvalue weighted by Crippen LogP contribution is -2.15. The van der Waals surface area contributed by atoms with Crippen molar-refractivity contribution in [2.45, 2.75) is 26.7 Å². The molecule has 0 radical (unpaired) electrons. The summed E-state index contributed by atoms with van der Waals surface area (Å²) in [6.07, 6.45) is 2.60. The molecular weight excluding hydrogens is 362 g/mol. The van der Waals surface area contributed by atoms with Gasteiger partial charge in [0, 0.05) is 18.1 Å². The molecule has 28 heavy (non-hydrogen) atoms. The van der Waals surface area contributed by atoms with Crippen molar-refractivity contribution in [3.05, 3.63) is 77.1 Å². The van der Waals surface area contributed by atoms with Crippen molar-refractivity contribution >= 4 is 23.2 Å². The molecule has 0 aliphatic heterocycles. The van der Waals surface area contributed by atoms with Crippen molar-refractivity contribution in [1.82, 2.24) is 9.97 Å². The first-order valence-corrected chi connectivity index (χ1v) is 8.80. The van der Waals surface area contributed by atoms with Gasteiger partial charge in [-0.25, -0.2) is 18.7 Å². The largest absolute Gasteiger partial charge is 0.324 e. The highest BCUT2D eigenvalue weighted by Crippen LogP contribution is 2.29. The molecule has 5 nitrogen and oxygen atoms in total. The van der Waals surface area contributed by atoms with Gasteiger partial charge in [-0.1, -0.05) is 38.1 Å². The average Bonchev–Trinajstić information content (AvgIpc) is 2.66. The first-order chi connectivity index (χ1) is 13.4. The molecule has 0 aliphatic carbocycles. The molecular formula is C21H20F2N4O. The van der Waals surface area contributed by atoms with Crippen LogP contribution in [-0.2, 0) is 0 Å². The van der Waals surface area contributed by atoms with Crippen LogP contribution in [0.4, 0.5) is 26.1 Å². The van der Waals surface area contributed by atoms with E-state index in [-0.39, 0.29) is 5.56 Å². The summed E-state index contributed by atoms with van der Waals surface area (Å²) in [5.41, 5.74) is 2.67. The third kappa shape index (κ3) is 4.14. The molecule has 0 atom stereocenters. The number of aryl methyl sites for hydroxylation is 1. The highest BCUT2D eigenvalue weighted by atomic mass is 19.1. The van der Waals surface area contributed by atoms with E-state index in [4.69, 9.17) is 0 Å². The van der Waals surface area contributed by atoms with Gasteiger partial charge < -0.3 is 10.6 Å². The molecule has 2 aromatic carbocycles. The summed E-state index contributed by atoms with van der Waals surface area (Å²) >= 11 is 0. The van der Waals surface area contributed by atoms with Gasteiger partial charge in [0.2, 0.25) is 5.95 Å². The van der Waals surface area contributed by atoms with Crippen LogP contribution in [0.3, 0.4) is 0 Å². The first kappa shape index (κ1) is 19.4. The van der Waals surface area contributed by atoms with E-state index in [1.165, 1.54) is 18.5 Å². The molecule has 1 amide bonds. The van der Waals surface area contributed by atoms with Crippen molar-refractivity contribution in [2.24, 2.45) is 0 Å². The summed E-state index contributed by atoms with van der Waals surface area (Å²) in [6, 6.07) is 9.37. The topological polar surface area (TPSA) is 66.9 Å². The van der Waals surface area contributed by atoms with E-state index in [9.17, 15) is 13.6 Å². The number of hydrogen-bond donors (Lipinski definition) is 2. The Labute approximate surface area is 161 Å². The molecule has 0 aliphatic rings. The predicted octanol–water partition coefficient (Wildman–Crippen LogP) is 5.18.